The predicted molar refractivity (Wildman–Crippen MR) is 118 cm³/mol. The van der Waals surface area contributed by atoms with Crippen molar-refractivity contribution in [1.82, 2.24) is 19.9 Å². The summed E-state index contributed by atoms with van der Waals surface area (Å²) in [6, 6.07) is 3.33. The first kappa shape index (κ1) is 24.3. The number of amides is 1. The molecule has 0 saturated carbocycles. The number of morpholine rings is 1. The molecule has 0 aliphatic carbocycles. The van der Waals surface area contributed by atoms with Crippen LogP contribution in [0.2, 0.25) is 0 Å². The highest BCUT2D eigenvalue weighted by atomic mass is 19.4. The fourth-order valence-electron chi connectivity index (χ4n) is 4.52. The van der Waals surface area contributed by atoms with Crippen LogP contribution >= 0.6 is 0 Å². The molecule has 2 aromatic heterocycles. The standard InChI is InChI=1S/C23H23F4N5O4/c1-22(2,34)19(12-3-4-17(16(24)7-12)36-23(25,26)27)30-21(33)15-9-28-32-6-5-18(29-20(15)32)31-10-13-8-14(11-31)35-13/h3-7,9,13-14,19,34H,8,10-11H2,1-2H3,(H,30,33)/t13-,14+,19?. The van der Waals surface area contributed by atoms with Crippen LogP contribution in [-0.4, -0.2) is 62.9 Å². The van der Waals surface area contributed by atoms with Gasteiger partial charge in [0, 0.05) is 25.7 Å². The molecule has 0 spiro atoms. The first-order valence-electron chi connectivity index (χ1n) is 11.2. The van der Waals surface area contributed by atoms with E-state index in [1.165, 1.54) is 24.6 Å². The Morgan fingerprint density at radius 3 is 2.56 bits per heavy atom. The molecule has 5 heterocycles. The highest BCUT2D eigenvalue weighted by Gasteiger charge is 2.39. The van der Waals surface area contributed by atoms with Gasteiger partial charge in [0.2, 0.25) is 0 Å². The van der Waals surface area contributed by atoms with E-state index in [1.807, 2.05) is 0 Å². The number of aromatic nitrogens is 3. The lowest BCUT2D eigenvalue weighted by Gasteiger charge is -2.47. The quantitative estimate of drug-likeness (QED) is 0.493. The summed E-state index contributed by atoms with van der Waals surface area (Å²) in [4.78, 5) is 19.9. The first-order valence-corrected chi connectivity index (χ1v) is 11.2. The minimum Gasteiger partial charge on any atom is -0.403 e. The van der Waals surface area contributed by atoms with Crippen molar-refractivity contribution in [3.63, 3.8) is 0 Å². The number of piperidine rings is 1. The molecule has 3 aliphatic heterocycles. The highest BCUT2D eigenvalue weighted by molar-refractivity contribution is 6.00. The van der Waals surface area contributed by atoms with E-state index in [1.54, 1.807) is 12.3 Å². The number of aliphatic hydroxyl groups is 1. The maximum atomic E-state index is 14.3. The molecule has 36 heavy (non-hydrogen) atoms. The third-order valence-corrected chi connectivity index (χ3v) is 6.18. The Kier molecular flexibility index (Phi) is 5.79. The number of anilines is 1. The van der Waals surface area contributed by atoms with Gasteiger partial charge < -0.3 is 24.8 Å². The van der Waals surface area contributed by atoms with Gasteiger partial charge in [0.25, 0.3) is 5.91 Å². The van der Waals surface area contributed by atoms with Gasteiger partial charge >= 0.3 is 6.36 Å². The number of rotatable bonds is 6. The maximum Gasteiger partial charge on any atom is 0.573 e. The number of ether oxygens (including phenoxy) is 2. The molecule has 13 heteroatoms. The number of nitrogens with zero attached hydrogens (tertiary/aromatic N) is 4. The van der Waals surface area contributed by atoms with Crippen LogP contribution in [0, 0.1) is 5.82 Å². The normalized spacial score (nSPS) is 20.7. The molecule has 3 aromatic rings. The highest BCUT2D eigenvalue weighted by Crippen LogP contribution is 2.33. The average Bonchev–Trinajstić information content (AvgIpc) is 3.20. The first-order chi connectivity index (χ1) is 16.9. The number of alkyl halides is 3. The monoisotopic (exact) mass is 509 g/mol. The summed E-state index contributed by atoms with van der Waals surface area (Å²) in [7, 11) is 0. The molecule has 192 valence electrons. The van der Waals surface area contributed by atoms with Gasteiger partial charge in [0.1, 0.15) is 11.4 Å². The van der Waals surface area contributed by atoms with Crippen LogP contribution < -0.4 is 15.0 Å². The Hall–Kier alpha value is -3.45. The van der Waals surface area contributed by atoms with Crippen molar-refractivity contribution in [2.75, 3.05) is 18.0 Å². The van der Waals surface area contributed by atoms with Crippen molar-refractivity contribution in [2.45, 2.75) is 50.5 Å². The summed E-state index contributed by atoms with van der Waals surface area (Å²) < 4.78 is 62.5. The summed E-state index contributed by atoms with van der Waals surface area (Å²) in [5, 5.41) is 17.5. The molecule has 1 amide bonds. The van der Waals surface area contributed by atoms with Gasteiger partial charge in [-0.25, -0.2) is 13.9 Å². The molecule has 1 unspecified atom stereocenters. The second-order valence-electron chi connectivity index (χ2n) is 9.43. The van der Waals surface area contributed by atoms with Crippen LogP contribution in [0.25, 0.3) is 5.65 Å². The molecule has 2 N–H and O–H groups in total. The second-order valence-corrected chi connectivity index (χ2v) is 9.43. The van der Waals surface area contributed by atoms with E-state index in [2.05, 4.69) is 25.0 Å². The molecular formula is C23H23F4N5O4. The largest absolute Gasteiger partial charge is 0.573 e. The van der Waals surface area contributed by atoms with Crippen LogP contribution in [0.3, 0.4) is 0 Å². The lowest BCUT2D eigenvalue weighted by molar-refractivity contribution is -0.275. The summed E-state index contributed by atoms with van der Waals surface area (Å²) in [5.41, 5.74) is -1.17. The van der Waals surface area contributed by atoms with Crippen molar-refractivity contribution in [1.29, 1.82) is 0 Å². The molecule has 3 atom stereocenters. The van der Waals surface area contributed by atoms with E-state index in [0.29, 0.717) is 18.9 Å². The van der Waals surface area contributed by atoms with Crippen molar-refractivity contribution in [2.24, 2.45) is 0 Å². The number of carbonyl (C=O) groups excluding carboxylic acids is 1. The third-order valence-electron chi connectivity index (χ3n) is 6.18. The van der Waals surface area contributed by atoms with Gasteiger partial charge in [-0.2, -0.15) is 5.10 Å². The van der Waals surface area contributed by atoms with Crippen molar-refractivity contribution in [3.8, 4) is 5.75 Å². The predicted octanol–water partition coefficient (Wildman–Crippen LogP) is 2.99. The summed E-state index contributed by atoms with van der Waals surface area (Å²) in [5.74, 6) is -2.30. The number of hydrogen-bond acceptors (Lipinski definition) is 7. The zero-order valence-electron chi connectivity index (χ0n) is 19.3. The number of carbonyl (C=O) groups is 1. The van der Waals surface area contributed by atoms with Gasteiger partial charge in [0.05, 0.1) is 30.0 Å². The van der Waals surface area contributed by atoms with E-state index < -0.39 is 35.5 Å². The van der Waals surface area contributed by atoms with Gasteiger partial charge in [-0.3, -0.25) is 4.79 Å². The number of halogens is 4. The summed E-state index contributed by atoms with van der Waals surface area (Å²) in [6.07, 6.45) is -0.728. The fraction of sp³-hybridized carbons (Fsp3) is 0.435. The van der Waals surface area contributed by atoms with Crippen molar-refractivity contribution in [3.05, 3.63) is 53.6 Å². The molecule has 9 nitrogen and oxygen atoms in total. The molecule has 3 aliphatic rings. The van der Waals surface area contributed by atoms with Crippen LogP contribution in [0.15, 0.2) is 36.7 Å². The summed E-state index contributed by atoms with van der Waals surface area (Å²) >= 11 is 0. The molecule has 6 rings (SSSR count). The number of benzene rings is 1. The molecule has 1 aromatic carbocycles. The Morgan fingerprint density at radius 2 is 1.94 bits per heavy atom. The lowest BCUT2D eigenvalue weighted by Crippen LogP contribution is -2.57. The Bertz CT molecular complexity index is 1290. The number of fused-ring (bicyclic) bond motifs is 3. The molecule has 0 radical (unpaired) electrons. The van der Waals surface area contributed by atoms with Crippen LogP contribution in [0.4, 0.5) is 23.4 Å². The minimum absolute atomic E-state index is 0.0422. The Labute approximate surface area is 202 Å². The Balaban J connectivity index is 1.40. The second kappa shape index (κ2) is 8.59. The van der Waals surface area contributed by atoms with Crippen molar-refractivity contribution < 1.29 is 36.9 Å². The van der Waals surface area contributed by atoms with Gasteiger partial charge in [-0.05, 0) is 37.6 Å². The minimum atomic E-state index is -5.07. The maximum absolute atomic E-state index is 14.3. The zero-order valence-corrected chi connectivity index (χ0v) is 19.3. The molecule has 3 saturated heterocycles. The SMILES string of the molecule is CC(C)(O)C(NC(=O)c1cnn2ccc(N3C[C@H]4C[C@@H](C3)O4)nc12)c1ccc(OC(F)(F)F)c(F)c1. The van der Waals surface area contributed by atoms with E-state index in [9.17, 15) is 27.5 Å². The smallest absolute Gasteiger partial charge is 0.403 e. The number of hydrogen-bond donors (Lipinski definition) is 2. The lowest BCUT2D eigenvalue weighted by atomic mass is 9.91. The van der Waals surface area contributed by atoms with E-state index in [-0.39, 0.29) is 29.0 Å². The molecule has 2 bridgehead atoms. The van der Waals surface area contributed by atoms with Crippen LogP contribution in [-0.2, 0) is 4.74 Å². The Morgan fingerprint density at radius 1 is 1.25 bits per heavy atom. The third kappa shape index (κ3) is 4.80. The van der Waals surface area contributed by atoms with Crippen molar-refractivity contribution >= 4 is 17.4 Å². The summed E-state index contributed by atoms with van der Waals surface area (Å²) in [6.45, 7) is 4.14. The van der Waals surface area contributed by atoms with Gasteiger partial charge in [-0.15, -0.1) is 13.2 Å². The fourth-order valence-corrected chi connectivity index (χ4v) is 4.52. The van der Waals surface area contributed by atoms with E-state index in [4.69, 9.17) is 4.74 Å². The zero-order chi connectivity index (χ0) is 25.8. The number of nitrogens with one attached hydrogen (secondary N) is 1. The average molecular weight is 509 g/mol. The topological polar surface area (TPSA) is 101 Å². The van der Waals surface area contributed by atoms with Gasteiger partial charge in [-0.1, -0.05) is 6.07 Å². The molecular weight excluding hydrogens is 486 g/mol. The van der Waals surface area contributed by atoms with E-state index in [0.717, 1.165) is 24.6 Å². The van der Waals surface area contributed by atoms with Crippen LogP contribution in [0.1, 0.15) is 42.2 Å². The molecule has 3 fully saturated rings. The van der Waals surface area contributed by atoms with E-state index >= 15 is 0 Å². The van der Waals surface area contributed by atoms with Gasteiger partial charge in [0.15, 0.2) is 17.2 Å². The van der Waals surface area contributed by atoms with Crippen LogP contribution in [0.5, 0.6) is 5.75 Å².